The van der Waals surface area contributed by atoms with Crippen LogP contribution in [0.1, 0.15) is 23.2 Å². The smallest absolute Gasteiger partial charge is 0.195 e. The molecule has 5 heteroatoms. The van der Waals surface area contributed by atoms with Crippen molar-refractivity contribution in [1.29, 1.82) is 0 Å². The summed E-state index contributed by atoms with van der Waals surface area (Å²) in [6.45, 7) is 2.66. The maximum absolute atomic E-state index is 12.9. The summed E-state index contributed by atoms with van der Waals surface area (Å²) in [6.07, 6.45) is 2.08. The lowest BCUT2D eigenvalue weighted by Gasteiger charge is -2.34. The molecule has 0 radical (unpaired) electrons. The highest BCUT2D eigenvalue weighted by Crippen LogP contribution is 2.22. The first-order valence-electron chi connectivity index (χ1n) is 6.94. The predicted molar refractivity (Wildman–Crippen MR) is 78.6 cm³/mol. The molecule has 1 saturated heterocycles. The zero-order valence-corrected chi connectivity index (χ0v) is 12.4. The van der Waals surface area contributed by atoms with Crippen molar-refractivity contribution in [2.24, 2.45) is 5.92 Å². The third-order valence-electron chi connectivity index (χ3n) is 3.81. The Bertz CT molecular complexity index is 444. The van der Waals surface area contributed by atoms with Crippen LogP contribution < -0.4 is 5.32 Å². The molecule has 0 amide bonds. The van der Waals surface area contributed by atoms with E-state index in [2.05, 4.69) is 5.32 Å². The minimum Gasteiger partial charge on any atom is -0.319 e. The second-order valence-corrected chi connectivity index (χ2v) is 5.66. The van der Waals surface area contributed by atoms with Crippen LogP contribution in [-0.2, 0) is 0 Å². The van der Waals surface area contributed by atoms with Gasteiger partial charge >= 0.3 is 0 Å². The Kier molecular flexibility index (Phi) is 5.52. The molecule has 0 aromatic heterocycles. The number of carbonyl (C=O) groups excluding carboxylic acids is 1. The Morgan fingerprint density at radius 3 is 2.55 bits per heavy atom. The zero-order chi connectivity index (χ0) is 14.5. The number of nitrogens with one attached hydrogen (secondary N) is 1. The summed E-state index contributed by atoms with van der Waals surface area (Å²) in [5, 5.41) is 3.18. The zero-order valence-electron chi connectivity index (χ0n) is 11.6. The maximum Gasteiger partial charge on any atom is 0.195 e. The number of rotatable bonds is 5. The van der Waals surface area contributed by atoms with E-state index in [1.54, 1.807) is 0 Å². The van der Waals surface area contributed by atoms with E-state index in [4.69, 9.17) is 11.6 Å². The molecule has 1 aromatic carbocycles. The summed E-state index contributed by atoms with van der Waals surface area (Å²) in [5.41, 5.74) is -0.195. The number of carbonyl (C=O) groups is 1. The van der Waals surface area contributed by atoms with Crippen LogP contribution in [-0.4, -0.2) is 42.9 Å². The second kappa shape index (κ2) is 7.16. The standard InChI is InChI=1S/C15H20ClFN2O/c1-18-10-11-6-8-19(9-7-11)15(16)14(20)12-2-4-13(17)5-3-12/h2-5,11,15,18H,6-10H2,1H3. The molecule has 1 unspecified atom stereocenters. The van der Waals surface area contributed by atoms with Crippen molar-refractivity contribution in [3.8, 4) is 0 Å². The highest BCUT2D eigenvalue weighted by atomic mass is 35.5. The molecule has 110 valence electrons. The van der Waals surface area contributed by atoms with E-state index in [0.717, 1.165) is 32.5 Å². The lowest BCUT2D eigenvalue weighted by atomic mass is 9.96. The fourth-order valence-electron chi connectivity index (χ4n) is 2.59. The number of piperidine rings is 1. The van der Waals surface area contributed by atoms with Gasteiger partial charge in [0.05, 0.1) is 0 Å². The molecule has 0 bridgehead atoms. The van der Waals surface area contributed by atoms with Crippen LogP contribution in [0, 0.1) is 11.7 Å². The van der Waals surface area contributed by atoms with Gasteiger partial charge in [0.15, 0.2) is 5.78 Å². The first-order chi connectivity index (χ1) is 9.61. The van der Waals surface area contributed by atoms with Crippen molar-refractivity contribution in [3.05, 3.63) is 35.6 Å². The number of Topliss-reactive ketones (excluding diaryl/α,β-unsaturated/α-hetero) is 1. The summed E-state index contributed by atoms with van der Waals surface area (Å²) in [5.74, 6) is 0.153. The minimum atomic E-state index is -0.656. The fourth-order valence-corrected chi connectivity index (χ4v) is 2.91. The fraction of sp³-hybridized carbons (Fsp3) is 0.533. The van der Waals surface area contributed by atoms with E-state index in [0.29, 0.717) is 11.5 Å². The molecule has 2 rings (SSSR count). The first-order valence-corrected chi connectivity index (χ1v) is 7.38. The summed E-state index contributed by atoms with van der Waals surface area (Å²) >= 11 is 6.28. The van der Waals surface area contributed by atoms with Crippen LogP contribution >= 0.6 is 11.6 Å². The molecule has 1 fully saturated rings. The number of hydrogen-bond donors (Lipinski definition) is 1. The molecule has 0 saturated carbocycles. The first kappa shape index (κ1) is 15.4. The van der Waals surface area contributed by atoms with Crippen LogP contribution in [0.3, 0.4) is 0 Å². The van der Waals surface area contributed by atoms with Gasteiger partial charge in [0.2, 0.25) is 0 Å². The van der Waals surface area contributed by atoms with Crippen molar-refractivity contribution in [2.45, 2.75) is 18.3 Å². The van der Waals surface area contributed by atoms with E-state index in [-0.39, 0.29) is 11.6 Å². The van der Waals surface area contributed by atoms with Crippen molar-refractivity contribution >= 4 is 17.4 Å². The Morgan fingerprint density at radius 1 is 1.40 bits per heavy atom. The predicted octanol–water partition coefficient (Wildman–Crippen LogP) is 2.50. The highest BCUT2D eigenvalue weighted by Gasteiger charge is 2.28. The molecular weight excluding hydrogens is 279 g/mol. The number of benzene rings is 1. The van der Waals surface area contributed by atoms with E-state index in [9.17, 15) is 9.18 Å². The number of alkyl halides is 1. The summed E-state index contributed by atoms with van der Waals surface area (Å²) in [4.78, 5) is 14.3. The molecule has 1 aromatic rings. The number of nitrogens with zero attached hydrogens (tertiary/aromatic N) is 1. The topological polar surface area (TPSA) is 32.3 Å². The van der Waals surface area contributed by atoms with Gasteiger partial charge in [0.1, 0.15) is 11.3 Å². The van der Waals surface area contributed by atoms with Crippen molar-refractivity contribution in [3.63, 3.8) is 0 Å². The summed E-state index contributed by atoms with van der Waals surface area (Å²) in [6, 6.07) is 5.55. The Hall–Kier alpha value is -0.970. The van der Waals surface area contributed by atoms with Gasteiger partial charge in [-0.25, -0.2) is 4.39 Å². The third-order valence-corrected chi connectivity index (χ3v) is 4.28. The van der Waals surface area contributed by atoms with E-state index in [1.807, 2.05) is 11.9 Å². The normalized spacial score (nSPS) is 18.9. The van der Waals surface area contributed by atoms with Gasteiger partial charge in [-0.1, -0.05) is 11.6 Å². The average Bonchev–Trinajstić information content (AvgIpc) is 2.48. The molecule has 1 heterocycles. The minimum absolute atomic E-state index is 0.154. The monoisotopic (exact) mass is 298 g/mol. The average molecular weight is 299 g/mol. The van der Waals surface area contributed by atoms with E-state index < -0.39 is 5.50 Å². The molecule has 1 atom stereocenters. The number of halogens is 2. The Labute approximate surface area is 124 Å². The number of ketones is 1. The van der Waals surface area contributed by atoms with Gasteiger partial charge < -0.3 is 5.32 Å². The van der Waals surface area contributed by atoms with Crippen LogP contribution in [0.2, 0.25) is 0 Å². The Morgan fingerprint density at radius 2 is 2.00 bits per heavy atom. The molecule has 1 aliphatic heterocycles. The van der Waals surface area contributed by atoms with Gasteiger partial charge in [-0.3, -0.25) is 9.69 Å². The molecule has 1 N–H and O–H groups in total. The maximum atomic E-state index is 12.9. The quantitative estimate of drug-likeness (QED) is 0.515. The molecule has 1 aliphatic rings. The molecule has 3 nitrogen and oxygen atoms in total. The van der Waals surface area contributed by atoms with E-state index >= 15 is 0 Å². The second-order valence-electron chi connectivity index (χ2n) is 5.24. The molecule has 0 spiro atoms. The van der Waals surface area contributed by atoms with Gasteiger partial charge in [0, 0.05) is 18.7 Å². The summed E-state index contributed by atoms with van der Waals surface area (Å²) < 4.78 is 12.9. The third kappa shape index (κ3) is 3.78. The largest absolute Gasteiger partial charge is 0.319 e. The van der Waals surface area contributed by atoms with Crippen molar-refractivity contribution < 1.29 is 9.18 Å². The molecular formula is C15H20ClFN2O. The Balaban J connectivity index is 1.93. The highest BCUT2D eigenvalue weighted by molar-refractivity contribution is 6.33. The lowest BCUT2D eigenvalue weighted by molar-refractivity contribution is 0.0851. The van der Waals surface area contributed by atoms with Gasteiger partial charge in [-0.05, 0) is 56.6 Å². The van der Waals surface area contributed by atoms with Crippen molar-refractivity contribution in [1.82, 2.24) is 10.2 Å². The van der Waals surface area contributed by atoms with Crippen LogP contribution in [0.4, 0.5) is 4.39 Å². The van der Waals surface area contributed by atoms with Crippen LogP contribution in [0.15, 0.2) is 24.3 Å². The SMILES string of the molecule is CNCC1CCN(C(Cl)C(=O)c2ccc(F)cc2)CC1. The van der Waals surface area contributed by atoms with Gasteiger partial charge in [-0.2, -0.15) is 0 Å². The number of hydrogen-bond acceptors (Lipinski definition) is 3. The van der Waals surface area contributed by atoms with Crippen LogP contribution in [0.25, 0.3) is 0 Å². The lowest BCUT2D eigenvalue weighted by Crippen LogP contribution is -2.44. The van der Waals surface area contributed by atoms with Crippen LogP contribution in [0.5, 0.6) is 0 Å². The molecule has 20 heavy (non-hydrogen) atoms. The summed E-state index contributed by atoms with van der Waals surface area (Å²) in [7, 11) is 1.95. The molecule has 0 aliphatic carbocycles. The number of likely N-dealkylation sites (tertiary alicyclic amines) is 1. The van der Waals surface area contributed by atoms with Gasteiger partial charge in [0.25, 0.3) is 0 Å². The van der Waals surface area contributed by atoms with Gasteiger partial charge in [-0.15, -0.1) is 0 Å². The van der Waals surface area contributed by atoms with Crippen molar-refractivity contribution in [2.75, 3.05) is 26.7 Å². The van der Waals surface area contributed by atoms with E-state index in [1.165, 1.54) is 24.3 Å².